The number of piperazine rings is 1. The maximum absolute atomic E-state index is 13.3. The summed E-state index contributed by atoms with van der Waals surface area (Å²) in [6.07, 6.45) is 3.26. The van der Waals surface area contributed by atoms with Crippen molar-refractivity contribution in [3.8, 4) is 0 Å². The van der Waals surface area contributed by atoms with Crippen molar-refractivity contribution < 1.29 is 14.3 Å². The summed E-state index contributed by atoms with van der Waals surface area (Å²) < 4.78 is 7.42. The molecule has 0 aliphatic carbocycles. The van der Waals surface area contributed by atoms with Crippen molar-refractivity contribution in [3.05, 3.63) is 65.1 Å². The molecule has 0 radical (unpaired) electrons. The first-order valence-corrected chi connectivity index (χ1v) is 13.9. The van der Waals surface area contributed by atoms with Crippen LogP contribution in [0.4, 0.5) is 10.6 Å². The predicted molar refractivity (Wildman–Crippen MR) is 157 cm³/mol. The van der Waals surface area contributed by atoms with E-state index in [0.29, 0.717) is 23.8 Å². The van der Waals surface area contributed by atoms with E-state index >= 15 is 0 Å². The first-order valence-electron chi connectivity index (χ1n) is 13.5. The van der Waals surface area contributed by atoms with Gasteiger partial charge in [-0.2, -0.15) is 0 Å². The van der Waals surface area contributed by atoms with Gasteiger partial charge >= 0.3 is 6.09 Å². The topological polar surface area (TPSA) is 107 Å². The van der Waals surface area contributed by atoms with Crippen molar-refractivity contribution >= 4 is 51.6 Å². The van der Waals surface area contributed by atoms with E-state index in [2.05, 4.69) is 31.9 Å². The van der Waals surface area contributed by atoms with Crippen LogP contribution < -0.4 is 5.73 Å². The summed E-state index contributed by atoms with van der Waals surface area (Å²) in [5.74, 6) is 0.477. The monoisotopic (exact) mass is 562 g/mol. The molecule has 1 aliphatic heterocycles. The molecule has 9 nitrogen and oxygen atoms in total. The summed E-state index contributed by atoms with van der Waals surface area (Å²) in [5, 5.41) is 2.35. The van der Waals surface area contributed by atoms with Crippen LogP contribution in [0.15, 0.2) is 48.8 Å². The van der Waals surface area contributed by atoms with Crippen molar-refractivity contribution in [2.45, 2.75) is 58.3 Å². The van der Waals surface area contributed by atoms with Crippen LogP contribution in [-0.4, -0.2) is 68.0 Å². The fourth-order valence-electron chi connectivity index (χ4n) is 5.41. The summed E-state index contributed by atoms with van der Waals surface area (Å²) in [6.45, 7) is 9.34. The molecule has 5 rings (SSSR count). The molecule has 0 unspecified atom stereocenters. The maximum atomic E-state index is 13.3. The van der Waals surface area contributed by atoms with Crippen LogP contribution in [0.1, 0.15) is 44.9 Å². The smallest absolute Gasteiger partial charge is 0.419 e. The Bertz CT molecular complexity index is 1550. The van der Waals surface area contributed by atoms with Gasteiger partial charge in [-0.25, -0.2) is 19.3 Å². The zero-order valence-electron chi connectivity index (χ0n) is 23.1. The number of hydrogen-bond acceptors (Lipinski definition) is 8. The molecule has 1 atom stereocenters. The van der Waals surface area contributed by atoms with Crippen molar-refractivity contribution in [1.82, 2.24) is 24.3 Å². The number of carbonyl (C=O) groups excluding carboxylic acids is 2. The summed E-state index contributed by atoms with van der Waals surface area (Å²) in [4.78, 5) is 37.9. The normalized spacial score (nSPS) is 16.9. The second kappa shape index (κ2) is 11.5. The highest BCUT2D eigenvalue weighted by molar-refractivity contribution is 6.31. The average Bonchev–Trinajstić information content (AvgIpc) is 3.24. The molecule has 0 amide bonds. The highest BCUT2D eigenvalue weighted by Gasteiger charge is 2.29. The molecule has 2 aromatic carbocycles. The zero-order chi connectivity index (χ0) is 28.4. The molecule has 1 aliphatic rings. The lowest BCUT2D eigenvalue weighted by atomic mass is 10.0. The Morgan fingerprint density at radius 2 is 1.95 bits per heavy atom. The van der Waals surface area contributed by atoms with Crippen LogP contribution in [0.3, 0.4) is 0 Å². The van der Waals surface area contributed by atoms with E-state index in [1.54, 1.807) is 10.6 Å². The first kappa shape index (κ1) is 28.0. The molecular weight excluding hydrogens is 528 g/mol. The molecule has 2 N–H and O–H groups in total. The number of hydrogen-bond donors (Lipinski definition) is 1. The Morgan fingerprint density at radius 1 is 1.12 bits per heavy atom. The van der Waals surface area contributed by atoms with Gasteiger partial charge in [0.05, 0.1) is 11.0 Å². The fraction of sp³-hybridized carbons (Fsp3) is 0.400. The lowest BCUT2D eigenvalue weighted by Crippen LogP contribution is -2.52. The van der Waals surface area contributed by atoms with Gasteiger partial charge in [-0.05, 0) is 69.2 Å². The van der Waals surface area contributed by atoms with E-state index in [1.165, 1.54) is 6.33 Å². The van der Waals surface area contributed by atoms with Crippen molar-refractivity contribution in [3.63, 3.8) is 0 Å². The number of benzene rings is 2. The van der Waals surface area contributed by atoms with Crippen LogP contribution in [0.5, 0.6) is 0 Å². The second-order valence-corrected chi connectivity index (χ2v) is 11.8. The van der Waals surface area contributed by atoms with Crippen LogP contribution in [0, 0.1) is 0 Å². The lowest BCUT2D eigenvalue weighted by Gasteiger charge is -2.41. The molecule has 1 saturated heterocycles. The number of aromatic nitrogens is 3. The number of carbonyl (C=O) groups is 2. The Labute approximate surface area is 238 Å². The summed E-state index contributed by atoms with van der Waals surface area (Å²) in [5.41, 5.74) is 8.94. The first-order chi connectivity index (χ1) is 19.1. The van der Waals surface area contributed by atoms with Crippen molar-refractivity contribution in [2.75, 3.05) is 25.4 Å². The standard InChI is InChI=1S/C30H35ClN6O3/c1-30(2,3)40-29(39)37-24(15-21-14-22(31)7-9-27(21)37)18-36-11-10-35(17-23(36)5-4-12-38)16-20-6-8-25-26(13-20)33-19-34-28(25)32/h6-9,12-15,19,23H,4-5,10-11,16-18H2,1-3H3,(H2,32,33,34)/t23-/m0/s1. The van der Waals surface area contributed by atoms with E-state index in [-0.39, 0.29) is 6.04 Å². The average molecular weight is 563 g/mol. The highest BCUT2D eigenvalue weighted by atomic mass is 35.5. The Hall–Kier alpha value is -3.53. The predicted octanol–water partition coefficient (Wildman–Crippen LogP) is 5.27. The largest absolute Gasteiger partial charge is 0.443 e. The summed E-state index contributed by atoms with van der Waals surface area (Å²) >= 11 is 6.27. The molecule has 210 valence electrons. The third-order valence-electron chi connectivity index (χ3n) is 7.23. The Morgan fingerprint density at radius 3 is 2.73 bits per heavy atom. The van der Waals surface area contributed by atoms with Gasteiger partial charge in [-0.1, -0.05) is 17.7 Å². The number of halogens is 1. The zero-order valence-corrected chi connectivity index (χ0v) is 23.9. The van der Waals surface area contributed by atoms with Crippen LogP contribution >= 0.6 is 11.6 Å². The van der Waals surface area contributed by atoms with Crippen LogP contribution in [-0.2, 0) is 22.6 Å². The Balaban J connectivity index is 1.37. The Kier molecular flexibility index (Phi) is 8.07. The maximum Gasteiger partial charge on any atom is 0.419 e. The number of anilines is 1. The summed E-state index contributed by atoms with van der Waals surface area (Å²) in [7, 11) is 0. The van der Waals surface area contributed by atoms with Gasteiger partial charge in [0.15, 0.2) is 0 Å². The fourth-order valence-corrected chi connectivity index (χ4v) is 5.59. The molecule has 4 aromatic rings. The van der Waals surface area contributed by atoms with Gasteiger partial charge in [0.2, 0.25) is 0 Å². The van der Waals surface area contributed by atoms with E-state index < -0.39 is 11.7 Å². The van der Waals surface area contributed by atoms with E-state index in [0.717, 1.165) is 71.9 Å². The quantitative estimate of drug-likeness (QED) is 0.304. The van der Waals surface area contributed by atoms with Gasteiger partial charge in [0.25, 0.3) is 0 Å². The molecule has 0 saturated carbocycles. The number of rotatable bonds is 7. The molecular formula is C30H35ClN6O3. The van der Waals surface area contributed by atoms with Crippen molar-refractivity contribution in [2.24, 2.45) is 0 Å². The molecule has 40 heavy (non-hydrogen) atoms. The molecule has 2 aromatic heterocycles. The number of nitrogens with zero attached hydrogens (tertiary/aromatic N) is 5. The molecule has 0 spiro atoms. The van der Waals surface area contributed by atoms with Gasteiger partial charge in [0.1, 0.15) is 24.0 Å². The van der Waals surface area contributed by atoms with E-state index in [9.17, 15) is 9.59 Å². The minimum Gasteiger partial charge on any atom is -0.443 e. The molecule has 1 fully saturated rings. The number of aldehydes is 1. The summed E-state index contributed by atoms with van der Waals surface area (Å²) in [6, 6.07) is 13.8. The number of ether oxygens (including phenoxy) is 1. The van der Waals surface area contributed by atoms with E-state index in [4.69, 9.17) is 22.1 Å². The van der Waals surface area contributed by atoms with E-state index in [1.807, 2.05) is 45.0 Å². The van der Waals surface area contributed by atoms with Gasteiger partial charge in [0, 0.05) is 66.7 Å². The van der Waals surface area contributed by atoms with Gasteiger partial charge in [-0.15, -0.1) is 0 Å². The third-order valence-corrected chi connectivity index (χ3v) is 7.46. The van der Waals surface area contributed by atoms with Gasteiger partial charge in [-0.3, -0.25) is 9.80 Å². The second-order valence-electron chi connectivity index (χ2n) is 11.4. The van der Waals surface area contributed by atoms with Crippen molar-refractivity contribution in [1.29, 1.82) is 0 Å². The molecule has 3 heterocycles. The number of fused-ring (bicyclic) bond motifs is 2. The minimum atomic E-state index is -0.629. The minimum absolute atomic E-state index is 0.145. The SMILES string of the molecule is CC(C)(C)OC(=O)n1c(CN2CCN(Cc3ccc4c(N)ncnc4c3)C[C@@H]2CCC=O)cc2cc(Cl)ccc21. The number of nitrogens with two attached hydrogens (primary N) is 1. The molecule has 0 bridgehead atoms. The lowest BCUT2D eigenvalue weighted by molar-refractivity contribution is -0.108. The van der Waals surface area contributed by atoms with Crippen LogP contribution in [0.2, 0.25) is 5.02 Å². The molecule has 10 heteroatoms. The van der Waals surface area contributed by atoms with Crippen LogP contribution in [0.25, 0.3) is 21.8 Å². The third kappa shape index (κ3) is 6.27. The highest BCUT2D eigenvalue weighted by Crippen LogP contribution is 2.28. The van der Waals surface area contributed by atoms with Gasteiger partial charge < -0.3 is 15.3 Å². The number of nitrogen functional groups attached to an aromatic ring is 1.